The lowest BCUT2D eigenvalue weighted by Gasteiger charge is -2.37. The molecular weight excluding hydrogens is 340 g/mol. The number of nitrogens with zero attached hydrogens (tertiary/aromatic N) is 4. The van der Waals surface area contributed by atoms with Gasteiger partial charge in [0.1, 0.15) is 5.60 Å². The molecule has 0 unspecified atom stereocenters. The van der Waals surface area contributed by atoms with Crippen molar-refractivity contribution >= 4 is 12.1 Å². The average Bonchev–Trinajstić information content (AvgIpc) is 2.53. The first kappa shape index (κ1) is 22.1. The molecule has 9 heteroatoms. The smallest absolute Gasteiger partial charge is 0.410 e. The Bertz CT molecular complexity index is 506. The van der Waals surface area contributed by atoms with Gasteiger partial charge >= 0.3 is 12.1 Å². The number of hydrogen-bond acceptors (Lipinski definition) is 5. The van der Waals surface area contributed by atoms with Gasteiger partial charge in [0.25, 0.3) is 0 Å². The summed E-state index contributed by atoms with van der Waals surface area (Å²) in [5.74, 6) is -0.892. The van der Waals surface area contributed by atoms with Crippen LogP contribution >= 0.6 is 0 Å². The van der Waals surface area contributed by atoms with Crippen molar-refractivity contribution in [1.29, 1.82) is 0 Å². The van der Waals surface area contributed by atoms with E-state index in [0.29, 0.717) is 19.6 Å². The SMILES string of the molecule is CC(C)(C)OC(=O)N(CCCOCCC(=O)O)C1CCC(N=[N+]=[N-])CC1. The van der Waals surface area contributed by atoms with Gasteiger partial charge in [-0.2, -0.15) is 0 Å². The lowest BCUT2D eigenvalue weighted by molar-refractivity contribution is -0.138. The fourth-order valence-electron chi connectivity index (χ4n) is 2.90. The van der Waals surface area contributed by atoms with Crippen LogP contribution in [0.25, 0.3) is 10.4 Å². The Morgan fingerprint density at radius 2 is 1.88 bits per heavy atom. The first-order valence-electron chi connectivity index (χ1n) is 9.06. The number of carboxylic acids is 1. The molecule has 0 aromatic rings. The molecule has 1 saturated carbocycles. The highest BCUT2D eigenvalue weighted by Gasteiger charge is 2.31. The second kappa shape index (κ2) is 10.9. The summed E-state index contributed by atoms with van der Waals surface area (Å²) in [6.07, 6.45) is 3.27. The van der Waals surface area contributed by atoms with Crippen LogP contribution in [0.4, 0.5) is 4.79 Å². The van der Waals surface area contributed by atoms with E-state index in [2.05, 4.69) is 10.0 Å². The third-order valence-corrected chi connectivity index (χ3v) is 4.10. The normalized spacial score (nSPS) is 20.1. The molecule has 9 nitrogen and oxygen atoms in total. The van der Waals surface area contributed by atoms with Crippen LogP contribution in [-0.2, 0) is 14.3 Å². The molecule has 0 aromatic carbocycles. The molecule has 1 aliphatic carbocycles. The van der Waals surface area contributed by atoms with Crippen LogP contribution in [0.5, 0.6) is 0 Å². The molecule has 1 amide bonds. The van der Waals surface area contributed by atoms with Gasteiger partial charge in [-0.1, -0.05) is 5.11 Å². The van der Waals surface area contributed by atoms with Crippen molar-refractivity contribution in [2.24, 2.45) is 5.11 Å². The number of rotatable bonds is 9. The predicted molar refractivity (Wildman–Crippen MR) is 95.8 cm³/mol. The second-order valence-electron chi connectivity index (χ2n) is 7.45. The van der Waals surface area contributed by atoms with Gasteiger partial charge in [-0.15, -0.1) is 0 Å². The fraction of sp³-hybridized carbons (Fsp3) is 0.882. The topological polar surface area (TPSA) is 125 Å². The molecule has 1 aliphatic rings. The van der Waals surface area contributed by atoms with E-state index in [0.717, 1.165) is 25.7 Å². The van der Waals surface area contributed by atoms with E-state index in [1.54, 1.807) is 4.90 Å². The highest BCUT2D eigenvalue weighted by molar-refractivity contribution is 5.68. The summed E-state index contributed by atoms with van der Waals surface area (Å²) in [5, 5.41) is 12.4. The number of ether oxygens (including phenoxy) is 2. The number of carbonyl (C=O) groups excluding carboxylic acids is 1. The minimum atomic E-state index is -0.892. The van der Waals surface area contributed by atoms with Gasteiger partial charge < -0.3 is 19.5 Å². The molecular formula is C17H30N4O5. The molecule has 0 aliphatic heterocycles. The van der Waals surface area contributed by atoms with Crippen molar-refractivity contribution in [3.05, 3.63) is 10.4 Å². The van der Waals surface area contributed by atoms with Gasteiger partial charge in [-0.25, -0.2) is 4.79 Å². The highest BCUT2D eigenvalue weighted by atomic mass is 16.6. The van der Waals surface area contributed by atoms with E-state index in [1.807, 2.05) is 20.8 Å². The lowest BCUT2D eigenvalue weighted by atomic mass is 9.90. The maximum absolute atomic E-state index is 12.6. The zero-order chi connectivity index (χ0) is 19.6. The molecule has 1 fully saturated rings. The Labute approximate surface area is 154 Å². The summed E-state index contributed by atoms with van der Waals surface area (Å²) in [6.45, 7) is 6.53. The van der Waals surface area contributed by atoms with Gasteiger partial charge in [0.2, 0.25) is 0 Å². The van der Waals surface area contributed by atoms with E-state index in [9.17, 15) is 9.59 Å². The molecule has 0 atom stereocenters. The second-order valence-corrected chi connectivity index (χ2v) is 7.45. The van der Waals surface area contributed by atoms with Crippen LogP contribution in [0.2, 0.25) is 0 Å². The quantitative estimate of drug-likeness (QED) is 0.286. The summed E-state index contributed by atoms with van der Waals surface area (Å²) in [7, 11) is 0. The molecule has 0 aromatic heterocycles. The van der Waals surface area contributed by atoms with Gasteiger partial charge in [0.05, 0.1) is 13.0 Å². The highest BCUT2D eigenvalue weighted by Crippen LogP contribution is 2.26. The molecule has 1 rings (SSSR count). The third-order valence-electron chi connectivity index (χ3n) is 4.10. The number of amides is 1. The zero-order valence-corrected chi connectivity index (χ0v) is 15.9. The van der Waals surface area contributed by atoms with Gasteiger partial charge in [0, 0.05) is 30.1 Å². The maximum Gasteiger partial charge on any atom is 0.410 e. The summed E-state index contributed by atoms with van der Waals surface area (Å²) in [6, 6.07) is 0.0464. The first-order valence-corrected chi connectivity index (χ1v) is 9.06. The molecule has 0 radical (unpaired) electrons. The average molecular weight is 370 g/mol. The van der Waals surface area contributed by atoms with Gasteiger partial charge in [-0.3, -0.25) is 4.79 Å². The summed E-state index contributed by atoms with van der Waals surface area (Å²) in [5.41, 5.74) is 7.98. The third kappa shape index (κ3) is 8.92. The van der Waals surface area contributed by atoms with Crippen LogP contribution in [-0.4, -0.2) is 59.5 Å². The first-order chi connectivity index (χ1) is 12.2. The van der Waals surface area contributed by atoms with Crippen LogP contribution in [0.1, 0.15) is 59.3 Å². The monoisotopic (exact) mass is 370 g/mol. The predicted octanol–water partition coefficient (Wildman–Crippen LogP) is 3.73. The number of aliphatic carboxylic acids is 1. The van der Waals surface area contributed by atoms with Crippen molar-refractivity contribution in [3.63, 3.8) is 0 Å². The molecule has 0 spiro atoms. The van der Waals surface area contributed by atoms with Crippen LogP contribution in [0, 0.1) is 0 Å². The molecule has 148 valence electrons. The van der Waals surface area contributed by atoms with E-state index >= 15 is 0 Å². The minimum absolute atomic E-state index is 0.00362. The van der Waals surface area contributed by atoms with Crippen molar-refractivity contribution in [2.75, 3.05) is 19.8 Å². The molecule has 0 heterocycles. The van der Waals surface area contributed by atoms with Crippen LogP contribution < -0.4 is 0 Å². The van der Waals surface area contributed by atoms with Crippen LogP contribution in [0.3, 0.4) is 0 Å². The van der Waals surface area contributed by atoms with Crippen molar-refractivity contribution in [1.82, 2.24) is 4.90 Å². The Morgan fingerprint density at radius 3 is 2.42 bits per heavy atom. The summed E-state index contributed by atoms with van der Waals surface area (Å²) >= 11 is 0. The maximum atomic E-state index is 12.6. The number of azide groups is 1. The summed E-state index contributed by atoms with van der Waals surface area (Å²) < 4.78 is 10.8. The largest absolute Gasteiger partial charge is 0.481 e. The zero-order valence-electron chi connectivity index (χ0n) is 15.9. The van der Waals surface area contributed by atoms with Crippen molar-refractivity contribution < 1.29 is 24.2 Å². The Hall–Kier alpha value is -1.99. The molecule has 0 bridgehead atoms. The lowest BCUT2D eigenvalue weighted by Crippen LogP contribution is -2.46. The van der Waals surface area contributed by atoms with E-state index in [-0.39, 0.29) is 31.2 Å². The van der Waals surface area contributed by atoms with E-state index in [1.165, 1.54) is 0 Å². The standard InChI is InChI=1S/C17H30N4O5/c1-17(2,3)26-16(24)21(10-4-11-25-12-9-15(22)23)14-7-5-13(6-8-14)19-20-18/h13-14H,4-12H2,1-3H3,(H,22,23). The number of hydrogen-bond donors (Lipinski definition) is 1. The molecule has 1 N–H and O–H groups in total. The number of carbonyl (C=O) groups is 2. The fourth-order valence-corrected chi connectivity index (χ4v) is 2.90. The van der Waals surface area contributed by atoms with Crippen molar-refractivity contribution in [2.45, 2.75) is 77.0 Å². The number of carboxylic acid groups (broad SMARTS) is 1. The van der Waals surface area contributed by atoms with E-state index < -0.39 is 11.6 Å². The van der Waals surface area contributed by atoms with Crippen molar-refractivity contribution in [3.8, 4) is 0 Å². The minimum Gasteiger partial charge on any atom is -0.481 e. The van der Waals surface area contributed by atoms with Gasteiger partial charge in [-0.05, 0) is 58.4 Å². The molecule has 0 saturated heterocycles. The molecule has 26 heavy (non-hydrogen) atoms. The Morgan fingerprint density at radius 1 is 1.23 bits per heavy atom. The van der Waals surface area contributed by atoms with Crippen LogP contribution in [0.15, 0.2) is 5.11 Å². The summed E-state index contributed by atoms with van der Waals surface area (Å²) in [4.78, 5) is 27.6. The Kier molecular flexibility index (Phi) is 9.23. The van der Waals surface area contributed by atoms with E-state index in [4.69, 9.17) is 20.1 Å². The van der Waals surface area contributed by atoms with Gasteiger partial charge in [0.15, 0.2) is 0 Å². The Balaban J connectivity index is 2.55.